The molecule has 12 nitrogen and oxygen atoms in total. The van der Waals surface area contributed by atoms with E-state index in [9.17, 15) is 24.9 Å². The first-order chi connectivity index (χ1) is 14.0. The molecule has 0 bridgehead atoms. The number of nitrogens with one attached hydrogen (secondary N) is 1. The maximum atomic E-state index is 11.9. The van der Waals surface area contributed by atoms with Crippen molar-refractivity contribution in [2.45, 2.75) is 76.8 Å². The Balaban J connectivity index is 2.52. The van der Waals surface area contributed by atoms with Crippen molar-refractivity contribution in [3.8, 4) is 0 Å². The van der Waals surface area contributed by atoms with E-state index < -0.39 is 54.7 Å². The SMILES string of the molecule is CC(C)(C)C(=O)CCCCOC1OC(CNC(=O)C(CO)N=[N+]=[N-])[C@H](O)[C@H](O)C1O. The predicted octanol–water partition coefficient (Wildman–Crippen LogP) is -0.616. The van der Waals surface area contributed by atoms with Gasteiger partial charge in [0, 0.05) is 29.9 Å². The van der Waals surface area contributed by atoms with Crippen LogP contribution in [0.2, 0.25) is 0 Å². The van der Waals surface area contributed by atoms with Gasteiger partial charge >= 0.3 is 0 Å². The van der Waals surface area contributed by atoms with Gasteiger partial charge in [-0.1, -0.05) is 25.9 Å². The van der Waals surface area contributed by atoms with E-state index in [0.29, 0.717) is 19.3 Å². The Morgan fingerprint density at radius 1 is 1.20 bits per heavy atom. The molecule has 1 fully saturated rings. The van der Waals surface area contributed by atoms with Crippen LogP contribution in [-0.2, 0) is 19.1 Å². The third-order valence-electron chi connectivity index (χ3n) is 4.73. The summed E-state index contributed by atoms with van der Waals surface area (Å²) in [6.45, 7) is 4.72. The standard InChI is InChI=1S/C18H32N4O8/c1-18(2,3)12(24)6-4-5-7-29-17-15(27)14(26)13(25)11(30-17)8-20-16(28)10(9-23)21-22-19/h10-11,13-15,17,23,25-27H,4-9H2,1-3H3,(H,20,28)/t10?,11?,13-,14-,15?,17?/m0/s1. The monoisotopic (exact) mass is 432 g/mol. The molecule has 6 atom stereocenters. The van der Waals surface area contributed by atoms with Gasteiger partial charge in [0.1, 0.15) is 36.2 Å². The van der Waals surface area contributed by atoms with Crippen molar-refractivity contribution in [3.63, 3.8) is 0 Å². The average molecular weight is 432 g/mol. The van der Waals surface area contributed by atoms with E-state index in [-0.39, 0.29) is 18.9 Å². The van der Waals surface area contributed by atoms with Crippen LogP contribution in [-0.4, -0.2) is 88.6 Å². The molecule has 1 saturated heterocycles. The second kappa shape index (κ2) is 12.2. The third kappa shape index (κ3) is 7.80. The Hall–Kier alpha value is -1.79. The minimum absolute atomic E-state index is 0.132. The second-order valence-electron chi connectivity index (χ2n) is 8.16. The minimum Gasteiger partial charge on any atom is -0.395 e. The Kier molecular flexibility index (Phi) is 10.6. The van der Waals surface area contributed by atoms with Gasteiger partial charge in [-0.15, -0.1) is 0 Å². The van der Waals surface area contributed by atoms with Gasteiger partial charge in [0.2, 0.25) is 5.91 Å². The Morgan fingerprint density at radius 2 is 1.87 bits per heavy atom. The first-order valence-corrected chi connectivity index (χ1v) is 9.80. The lowest BCUT2D eigenvalue weighted by molar-refractivity contribution is -0.295. The van der Waals surface area contributed by atoms with Crippen molar-refractivity contribution >= 4 is 11.7 Å². The van der Waals surface area contributed by atoms with Gasteiger partial charge in [-0.25, -0.2) is 0 Å². The molecule has 5 N–H and O–H groups in total. The summed E-state index contributed by atoms with van der Waals surface area (Å²) in [5, 5.41) is 44.7. The molecule has 0 aliphatic carbocycles. The van der Waals surface area contributed by atoms with Crippen LogP contribution in [0, 0.1) is 5.41 Å². The molecule has 0 saturated carbocycles. The van der Waals surface area contributed by atoms with Gasteiger partial charge in [0.25, 0.3) is 0 Å². The lowest BCUT2D eigenvalue weighted by Gasteiger charge is -2.40. The van der Waals surface area contributed by atoms with Crippen LogP contribution < -0.4 is 5.32 Å². The number of ketones is 1. The molecular weight excluding hydrogens is 400 g/mol. The molecule has 0 aromatic heterocycles. The van der Waals surface area contributed by atoms with E-state index in [0.717, 1.165) is 0 Å². The van der Waals surface area contributed by atoms with Crippen molar-refractivity contribution in [1.29, 1.82) is 0 Å². The highest BCUT2D eigenvalue weighted by Crippen LogP contribution is 2.23. The number of unbranched alkanes of at least 4 members (excludes halogenated alkanes) is 1. The second-order valence-corrected chi connectivity index (χ2v) is 8.16. The van der Waals surface area contributed by atoms with Crippen LogP contribution in [0.4, 0.5) is 0 Å². The number of amides is 1. The minimum atomic E-state index is -1.57. The zero-order chi connectivity index (χ0) is 22.9. The van der Waals surface area contributed by atoms with E-state index in [1.807, 2.05) is 20.8 Å². The molecule has 1 aliphatic heterocycles. The van der Waals surface area contributed by atoms with Gasteiger partial charge < -0.3 is 35.2 Å². The van der Waals surface area contributed by atoms with Gasteiger partial charge in [0.05, 0.1) is 6.61 Å². The fourth-order valence-corrected chi connectivity index (χ4v) is 2.74. The molecule has 1 heterocycles. The summed E-state index contributed by atoms with van der Waals surface area (Å²) in [5.41, 5.74) is 7.96. The first-order valence-electron chi connectivity index (χ1n) is 9.80. The number of carbonyl (C=O) groups excluding carboxylic acids is 2. The van der Waals surface area contributed by atoms with E-state index in [4.69, 9.17) is 20.1 Å². The Morgan fingerprint density at radius 3 is 2.43 bits per heavy atom. The molecule has 0 aromatic rings. The van der Waals surface area contributed by atoms with Crippen molar-refractivity contribution < 1.29 is 39.5 Å². The highest BCUT2D eigenvalue weighted by atomic mass is 16.7. The Labute approximate surface area is 174 Å². The van der Waals surface area contributed by atoms with E-state index in [1.54, 1.807) is 0 Å². The molecule has 0 spiro atoms. The predicted molar refractivity (Wildman–Crippen MR) is 104 cm³/mol. The largest absolute Gasteiger partial charge is 0.395 e. The number of hydrogen-bond donors (Lipinski definition) is 5. The Bertz CT molecular complexity index is 620. The number of aliphatic hydroxyl groups excluding tert-OH is 4. The number of nitrogens with zero attached hydrogens (tertiary/aromatic N) is 3. The van der Waals surface area contributed by atoms with Crippen LogP contribution in [0.15, 0.2) is 5.11 Å². The number of carbonyl (C=O) groups is 2. The molecule has 0 radical (unpaired) electrons. The number of rotatable bonds is 11. The molecule has 172 valence electrons. The van der Waals surface area contributed by atoms with E-state index >= 15 is 0 Å². The van der Waals surface area contributed by atoms with Gasteiger partial charge in [-0.3, -0.25) is 9.59 Å². The average Bonchev–Trinajstić information content (AvgIpc) is 2.69. The summed E-state index contributed by atoms with van der Waals surface area (Å²) < 4.78 is 10.9. The summed E-state index contributed by atoms with van der Waals surface area (Å²) in [4.78, 5) is 26.2. The lowest BCUT2D eigenvalue weighted by Crippen LogP contribution is -2.61. The number of Topliss-reactive ketones (excluding diaryl/α,β-unsaturated/α-hetero) is 1. The summed E-state index contributed by atoms with van der Waals surface area (Å²) in [6.07, 6.45) is -5.41. The normalized spacial score (nSPS) is 27.8. The van der Waals surface area contributed by atoms with Crippen LogP contribution in [0.25, 0.3) is 10.4 Å². The summed E-state index contributed by atoms with van der Waals surface area (Å²) >= 11 is 0. The fourth-order valence-electron chi connectivity index (χ4n) is 2.74. The maximum absolute atomic E-state index is 11.9. The quantitative estimate of drug-likeness (QED) is 0.123. The van der Waals surface area contributed by atoms with E-state index in [2.05, 4.69) is 15.3 Å². The fraction of sp³-hybridized carbons (Fsp3) is 0.889. The third-order valence-corrected chi connectivity index (χ3v) is 4.73. The van der Waals surface area contributed by atoms with Crippen LogP contribution in [0.5, 0.6) is 0 Å². The first kappa shape index (κ1) is 26.2. The summed E-state index contributed by atoms with van der Waals surface area (Å²) in [7, 11) is 0. The van der Waals surface area contributed by atoms with Gasteiger partial charge in [0.15, 0.2) is 6.29 Å². The maximum Gasteiger partial charge on any atom is 0.231 e. The zero-order valence-electron chi connectivity index (χ0n) is 17.5. The van der Waals surface area contributed by atoms with Crippen LogP contribution >= 0.6 is 0 Å². The smallest absolute Gasteiger partial charge is 0.231 e. The molecule has 30 heavy (non-hydrogen) atoms. The number of aliphatic hydroxyl groups is 4. The highest BCUT2D eigenvalue weighted by Gasteiger charge is 2.44. The number of ether oxygens (including phenoxy) is 2. The molecule has 1 amide bonds. The highest BCUT2D eigenvalue weighted by molar-refractivity contribution is 5.83. The molecule has 12 heteroatoms. The zero-order valence-corrected chi connectivity index (χ0v) is 17.5. The molecule has 4 unspecified atom stereocenters. The topological polar surface area (TPSA) is 194 Å². The summed E-state index contributed by atoms with van der Waals surface area (Å²) in [5.74, 6) is -0.652. The van der Waals surface area contributed by atoms with Crippen molar-refractivity contribution in [2.24, 2.45) is 10.5 Å². The van der Waals surface area contributed by atoms with Crippen molar-refractivity contribution in [1.82, 2.24) is 5.32 Å². The van der Waals surface area contributed by atoms with Crippen LogP contribution in [0.3, 0.4) is 0 Å². The van der Waals surface area contributed by atoms with Crippen molar-refractivity contribution in [3.05, 3.63) is 10.4 Å². The molecule has 1 aliphatic rings. The molecule has 0 aromatic carbocycles. The van der Waals surface area contributed by atoms with E-state index in [1.165, 1.54) is 0 Å². The molecule has 1 rings (SSSR count). The van der Waals surface area contributed by atoms with Gasteiger partial charge in [-0.2, -0.15) is 0 Å². The molecular formula is C18H32N4O8. The number of hydrogen-bond acceptors (Lipinski definition) is 9. The van der Waals surface area contributed by atoms with Crippen LogP contribution in [0.1, 0.15) is 40.0 Å². The van der Waals surface area contributed by atoms with Crippen molar-refractivity contribution in [2.75, 3.05) is 19.8 Å². The summed E-state index contributed by atoms with van der Waals surface area (Å²) in [6, 6.07) is -1.34. The lowest BCUT2D eigenvalue weighted by atomic mass is 9.88. The number of azide groups is 1. The van der Waals surface area contributed by atoms with Gasteiger partial charge in [-0.05, 0) is 18.4 Å².